The van der Waals surface area contributed by atoms with Crippen molar-refractivity contribution in [3.63, 3.8) is 0 Å². The summed E-state index contributed by atoms with van der Waals surface area (Å²) in [5.74, 6) is 0.758. The molecular weight excluding hydrogens is 266 g/mol. The number of anilines is 1. The molecule has 0 unspecified atom stereocenters. The lowest BCUT2D eigenvalue weighted by Crippen LogP contribution is -2.33. The number of hydrogen-bond acceptors (Lipinski definition) is 4. The van der Waals surface area contributed by atoms with Crippen LogP contribution in [0.2, 0.25) is 0 Å². The molecular formula is C16H27N3S. The summed E-state index contributed by atoms with van der Waals surface area (Å²) in [6.45, 7) is 4.21. The maximum Gasteiger partial charge on any atom is 0.185 e. The number of aromatic nitrogens is 1. The molecule has 20 heavy (non-hydrogen) atoms. The average Bonchev–Trinajstić information content (AvgIpc) is 3.25. The van der Waals surface area contributed by atoms with E-state index in [1.54, 1.807) is 0 Å². The van der Waals surface area contributed by atoms with E-state index < -0.39 is 0 Å². The summed E-state index contributed by atoms with van der Waals surface area (Å²) in [7, 11) is 2.25. The zero-order valence-corrected chi connectivity index (χ0v) is 13.6. The topological polar surface area (TPSA) is 28.2 Å². The van der Waals surface area contributed by atoms with Crippen molar-refractivity contribution >= 4 is 16.5 Å². The number of hydrogen-bond donors (Lipinski definition) is 1. The number of nitrogens with one attached hydrogen (secondary N) is 1. The van der Waals surface area contributed by atoms with Crippen LogP contribution in [0.4, 0.5) is 5.13 Å². The van der Waals surface area contributed by atoms with Gasteiger partial charge in [-0.25, -0.2) is 4.98 Å². The van der Waals surface area contributed by atoms with E-state index in [1.165, 1.54) is 60.6 Å². The van der Waals surface area contributed by atoms with Crippen LogP contribution in [-0.2, 0) is 6.54 Å². The zero-order chi connectivity index (χ0) is 13.9. The first kappa shape index (κ1) is 14.3. The lowest BCUT2D eigenvalue weighted by atomic mass is 9.95. The minimum atomic E-state index is 0.717. The molecule has 3 nitrogen and oxygen atoms in total. The third-order valence-corrected chi connectivity index (χ3v) is 5.80. The lowest BCUT2D eigenvalue weighted by molar-refractivity contribution is 0.427. The van der Waals surface area contributed by atoms with Crippen LogP contribution in [0, 0.1) is 0 Å². The van der Waals surface area contributed by atoms with Gasteiger partial charge in [-0.1, -0.05) is 26.2 Å². The Morgan fingerprint density at radius 3 is 2.60 bits per heavy atom. The Hall–Kier alpha value is -0.610. The standard InChI is InChI=1S/C16H27N3S/c1-3-17-11-14-15(12-9-10-12)18-16(20-14)19(2)13-7-5-4-6-8-13/h12-13,17H,3-11H2,1-2H3. The molecule has 0 saturated heterocycles. The van der Waals surface area contributed by atoms with Crippen LogP contribution >= 0.6 is 11.3 Å². The molecule has 4 heteroatoms. The van der Waals surface area contributed by atoms with Crippen molar-refractivity contribution in [2.45, 2.75) is 70.4 Å². The van der Waals surface area contributed by atoms with Crippen LogP contribution in [0.3, 0.4) is 0 Å². The maximum atomic E-state index is 5.00. The molecule has 1 aromatic rings. The summed E-state index contributed by atoms with van der Waals surface area (Å²) in [4.78, 5) is 8.95. The largest absolute Gasteiger partial charge is 0.348 e. The first-order valence-electron chi connectivity index (χ1n) is 8.22. The number of nitrogens with zero attached hydrogens (tertiary/aromatic N) is 2. The van der Waals surface area contributed by atoms with Gasteiger partial charge in [0.1, 0.15) is 0 Å². The number of thiazole rings is 1. The molecule has 0 bridgehead atoms. The summed E-state index contributed by atoms with van der Waals surface area (Å²) in [5.41, 5.74) is 1.40. The Balaban J connectivity index is 1.74. The molecule has 112 valence electrons. The van der Waals surface area contributed by atoms with E-state index >= 15 is 0 Å². The Bertz CT molecular complexity index is 433. The Kier molecular flexibility index (Phi) is 4.61. The van der Waals surface area contributed by atoms with Gasteiger partial charge in [-0.05, 0) is 32.2 Å². The van der Waals surface area contributed by atoms with Crippen molar-refractivity contribution in [2.24, 2.45) is 0 Å². The molecule has 2 aliphatic rings. The fourth-order valence-electron chi connectivity index (χ4n) is 3.17. The van der Waals surface area contributed by atoms with E-state index in [0.717, 1.165) is 19.0 Å². The van der Waals surface area contributed by atoms with E-state index in [0.29, 0.717) is 6.04 Å². The second-order valence-electron chi connectivity index (χ2n) is 6.26. The van der Waals surface area contributed by atoms with Gasteiger partial charge < -0.3 is 10.2 Å². The van der Waals surface area contributed by atoms with Crippen molar-refractivity contribution in [1.29, 1.82) is 0 Å². The lowest BCUT2D eigenvalue weighted by Gasteiger charge is -2.30. The van der Waals surface area contributed by atoms with Crippen LogP contribution in [-0.4, -0.2) is 24.6 Å². The molecule has 2 saturated carbocycles. The highest BCUT2D eigenvalue weighted by molar-refractivity contribution is 7.15. The van der Waals surface area contributed by atoms with E-state index in [1.807, 2.05) is 11.3 Å². The van der Waals surface area contributed by atoms with Gasteiger partial charge in [0, 0.05) is 30.4 Å². The van der Waals surface area contributed by atoms with Gasteiger partial charge in [-0.2, -0.15) is 0 Å². The van der Waals surface area contributed by atoms with Crippen LogP contribution in [0.1, 0.15) is 68.4 Å². The Morgan fingerprint density at radius 1 is 1.20 bits per heavy atom. The van der Waals surface area contributed by atoms with E-state index in [4.69, 9.17) is 4.98 Å². The monoisotopic (exact) mass is 293 g/mol. The zero-order valence-electron chi connectivity index (χ0n) is 12.8. The van der Waals surface area contributed by atoms with Crippen LogP contribution < -0.4 is 10.2 Å². The minimum absolute atomic E-state index is 0.717. The predicted octanol–water partition coefficient (Wildman–Crippen LogP) is 3.90. The quantitative estimate of drug-likeness (QED) is 0.862. The highest BCUT2D eigenvalue weighted by Gasteiger charge is 2.31. The van der Waals surface area contributed by atoms with Crippen LogP contribution in [0.5, 0.6) is 0 Å². The fraction of sp³-hybridized carbons (Fsp3) is 0.812. The maximum absolute atomic E-state index is 5.00. The van der Waals surface area contributed by atoms with Gasteiger partial charge in [0.25, 0.3) is 0 Å². The predicted molar refractivity (Wildman–Crippen MR) is 86.7 cm³/mol. The molecule has 0 atom stereocenters. The van der Waals surface area contributed by atoms with Gasteiger partial charge in [-0.3, -0.25) is 0 Å². The second kappa shape index (κ2) is 6.44. The summed E-state index contributed by atoms with van der Waals surface area (Å²) in [6, 6.07) is 0.717. The average molecular weight is 293 g/mol. The molecule has 0 radical (unpaired) electrons. The molecule has 1 N–H and O–H groups in total. The summed E-state index contributed by atoms with van der Waals surface area (Å²) >= 11 is 1.92. The smallest absolute Gasteiger partial charge is 0.185 e. The normalized spacial score (nSPS) is 20.3. The van der Waals surface area contributed by atoms with Gasteiger partial charge in [0.2, 0.25) is 0 Å². The molecule has 2 aliphatic carbocycles. The first-order valence-corrected chi connectivity index (χ1v) is 9.04. The van der Waals surface area contributed by atoms with Crippen molar-refractivity contribution in [3.05, 3.63) is 10.6 Å². The van der Waals surface area contributed by atoms with Crippen molar-refractivity contribution in [3.8, 4) is 0 Å². The van der Waals surface area contributed by atoms with Crippen molar-refractivity contribution in [2.75, 3.05) is 18.5 Å². The molecule has 2 fully saturated rings. The summed E-state index contributed by atoms with van der Waals surface area (Å²) in [6.07, 6.45) is 9.57. The molecule has 0 amide bonds. The molecule has 1 aromatic heterocycles. The van der Waals surface area contributed by atoms with Crippen molar-refractivity contribution < 1.29 is 0 Å². The van der Waals surface area contributed by atoms with E-state index in [9.17, 15) is 0 Å². The summed E-state index contributed by atoms with van der Waals surface area (Å²) < 4.78 is 0. The minimum Gasteiger partial charge on any atom is -0.348 e. The van der Waals surface area contributed by atoms with Gasteiger partial charge in [0.15, 0.2) is 5.13 Å². The Morgan fingerprint density at radius 2 is 1.95 bits per heavy atom. The van der Waals surface area contributed by atoms with Gasteiger partial charge in [0.05, 0.1) is 5.69 Å². The molecule has 0 aromatic carbocycles. The van der Waals surface area contributed by atoms with E-state index in [-0.39, 0.29) is 0 Å². The number of rotatable bonds is 6. The molecule has 1 heterocycles. The fourth-order valence-corrected chi connectivity index (χ4v) is 4.32. The molecule has 0 aliphatic heterocycles. The van der Waals surface area contributed by atoms with Crippen LogP contribution in [0.25, 0.3) is 0 Å². The highest BCUT2D eigenvalue weighted by atomic mass is 32.1. The SMILES string of the molecule is CCNCc1sc(N(C)C2CCCCC2)nc1C1CC1. The van der Waals surface area contributed by atoms with Gasteiger partial charge >= 0.3 is 0 Å². The van der Waals surface area contributed by atoms with Gasteiger partial charge in [-0.15, -0.1) is 11.3 Å². The molecule has 0 spiro atoms. The molecule has 3 rings (SSSR count). The first-order chi connectivity index (χ1) is 9.79. The Labute approximate surface area is 126 Å². The third-order valence-electron chi connectivity index (χ3n) is 4.64. The highest BCUT2D eigenvalue weighted by Crippen LogP contribution is 2.44. The second-order valence-corrected chi connectivity index (χ2v) is 7.32. The van der Waals surface area contributed by atoms with Crippen LogP contribution in [0.15, 0.2) is 0 Å². The third kappa shape index (κ3) is 3.17. The van der Waals surface area contributed by atoms with E-state index in [2.05, 4.69) is 24.2 Å². The van der Waals surface area contributed by atoms with Crippen molar-refractivity contribution in [1.82, 2.24) is 10.3 Å². The summed E-state index contributed by atoms with van der Waals surface area (Å²) in [5, 5.41) is 4.73.